The number of nitrogens with one attached hydrogen (secondary N) is 3. The molecule has 3 atom stereocenters. The van der Waals surface area contributed by atoms with Gasteiger partial charge in [-0.2, -0.15) is 0 Å². The molecule has 3 aromatic rings. The van der Waals surface area contributed by atoms with E-state index >= 15 is 0 Å². The van der Waals surface area contributed by atoms with Crippen molar-refractivity contribution in [2.75, 3.05) is 18.9 Å². The summed E-state index contributed by atoms with van der Waals surface area (Å²) in [6.07, 6.45) is 2.41. The highest BCUT2D eigenvalue weighted by molar-refractivity contribution is 6.39. The fourth-order valence-corrected chi connectivity index (χ4v) is 6.47. The number of likely N-dealkylation sites (N-methyl/N-ethyl adjacent to an activating group) is 1. The zero-order chi connectivity index (χ0) is 31.3. The van der Waals surface area contributed by atoms with Crippen molar-refractivity contribution in [1.29, 1.82) is 0 Å². The molecule has 2 aromatic carbocycles. The first-order chi connectivity index (χ1) is 21.0. The molecule has 1 aromatic heterocycles. The van der Waals surface area contributed by atoms with Crippen LogP contribution in [0.15, 0.2) is 48.5 Å². The summed E-state index contributed by atoms with van der Waals surface area (Å²) in [5.41, 5.74) is 0.630. The van der Waals surface area contributed by atoms with Gasteiger partial charge >= 0.3 is 0 Å². The molecule has 1 spiro atoms. The van der Waals surface area contributed by atoms with Gasteiger partial charge in [0.25, 0.3) is 11.8 Å². The van der Waals surface area contributed by atoms with E-state index in [1.165, 1.54) is 35.0 Å². The predicted octanol–water partition coefficient (Wildman–Crippen LogP) is 3.52. The Morgan fingerprint density at radius 2 is 1.84 bits per heavy atom. The summed E-state index contributed by atoms with van der Waals surface area (Å²) in [5.74, 6) is -3.20. The molecule has 230 valence electrons. The Kier molecular flexibility index (Phi) is 7.51. The number of halogens is 1. The van der Waals surface area contributed by atoms with Crippen molar-refractivity contribution in [2.45, 2.75) is 69.5 Å². The van der Waals surface area contributed by atoms with Crippen LogP contribution in [0.3, 0.4) is 0 Å². The lowest BCUT2D eigenvalue weighted by atomic mass is 9.79. The highest BCUT2D eigenvalue weighted by Crippen LogP contribution is 2.47. The minimum absolute atomic E-state index is 0.0473. The van der Waals surface area contributed by atoms with Gasteiger partial charge in [0, 0.05) is 36.2 Å². The van der Waals surface area contributed by atoms with Crippen LogP contribution in [0.2, 0.25) is 0 Å². The second-order valence-corrected chi connectivity index (χ2v) is 12.7. The first-order valence-electron chi connectivity index (χ1n) is 15.1. The summed E-state index contributed by atoms with van der Waals surface area (Å²) in [6, 6.07) is 10.8. The lowest BCUT2D eigenvalue weighted by Crippen LogP contribution is -2.54. The zero-order valence-electron chi connectivity index (χ0n) is 25.0. The molecule has 2 aliphatic heterocycles. The van der Waals surface area contributed by atoms with Crippen molar-refractivity contribution in [3.63, 3.8) is 0 Å². The highest BCUT2D eigenvalue weighted by Gasteiger charge is 2.59. The number of anilines is 1. The van der Waals surface area contributed by atoms with Crippen LogP contribution in [0.5, 0.6) is 0 Å². The number of benzene rings is 2. The molecule has 1 saturated heterocycles. The maximum atomic E-state index is 14.5. The molecule has 0 unspecified atom stereocenters. The smallest absolute Gasteiger partial charge is 0.289 e. The van der Waals surface area contributed by atoms with Crippen LogP contribution >= 0.6 is 0 Å². The number of para-hydroxylation sites is 1. The molecule has 1 saturated carbocycles. The predicted molar refractivity (Wildman–Crippen MR) is 161 cm³/mol. The molecule has 3 heterocycles. The molecule has 3 aliphatic rings. The number of hydrogen-bond acceptors (Lipinski definition) is 5. The van der Waals surface area contributed by atoms with E-state index in [1.807, 2.05) is 13.8 Å². The van der Waals surface area contributed by atoms with Crippen molar-refractivity contribution in [1.82, 2.24) is 20.1 Å². The zero-order valence-corrected chi connectivity index (χ0v) is 25.0. The Morgan fingerprint density at radius 3 is 2.55 bits per heavy atom. The number of fused-ring (bicyclic) bond motifs is 3. The summed E-state index contributed by atoms with van der Waals surface area (Å²) in [6.45, 7) is 3.89. The number of aromatic nitrogens is 1. The lowest BCUT2D eigenvalue weighted by Gasteiger charge is -2.33. The monoisotopic (exact) mass is 601 g/mol. The maximum absolute atomic E-state index is 14.5. The van der Waals surface area contributed by atoms with E-state index in [-0.39, 0.29) is 48.3 Å². The molecule has 10 nitrogen and oxygen atoms in total. The molecule has 11 heteroatoms. The average Bonchev–Trinajstić information content (AvgIpc) is 3.44. The van der Waals surface area contributed by atoms with E-state index in [0.29, 0.717) is 23.2 Å². The van der Waals surface area contributed by atoms with Crippen LogP contribution in [0.25, 0.3) is 10.9 Å². The van der Waals surface area contributed by atoms with E-state index in [9.17, 15) is 28.4 Å². The number of rotatable bonds is 9. The molecule has 4 amide bonds. The van der Waals surface area contributed by atoms with Crippen molar-refractivity contribution in [3.05, 3.63) is 65.6 Å². The summed E-state index contributed by atoms with van der Waals surface area (Å²) in [7, 11) is 1.51. The number of hydrogen-bond donors (Lipinski definition) is 3. The Bertz CT molecular complexity index is 1680. The second-order valence-electron chi connectivity index (χ2n) is 12.7. The van der Waals surface area contributed by atoms with E-state index in [2.05, 4.69) is 15.6 Å². The summed E-state index contributed by atoms with van der Waals surface area (Å²) < 4.78 is 14.4. The van der Waals surface area contributed by atoms with Crippen LogP contribution in [0.4, 0.5) is 10.1 Å². The summed E-state index contributed by atoms with van der Waals surface area (Å²) in [5, 5.41) is 5.86. The van der Waals surface area contributed by atoms with Crippen LogP contribution in [0.1, 0.15) is 62.0 Å². The van der Waals surface area contributed by atoms with E-state index < -0.39 is 46.8 Å². The van der Waals surface area contributed by atoms with E-state index in [0.717, 1.165) is 12.8 Å². The largest absolute Gasteiger partial charge is 0.350 e. The quantitative estimate of drug-likeness (QED) is 0.323. The van der Waals surface area contributed by atoms with E-state index in [1.54, 1.807) is 30.3 Å². The molecule has 6 rings (SSSR count). The number of ketones is 1. The molecule has 3 N–H and O–H groups in total. The van der Waals surface area contributed by atoms with Gasteiger partial charge in [0.2, 0.25) is 17.6 Å². The Hall–Kier alpha value is -4.54. The van der Waals surface area contributed by atoms with Gasteiger partial charge in [-0.25, -0.2) is 4.39 Å². The Morgan fingerprint density at radius 1 is 1.09 bits per heavy atom. The molecule has 1 aliphatic carbocycles. The topological polar surface area (TPSA) is 132 Å². The molecular weight excluding hydrogens is 565 g/mol. The minimum atomic E-state index is -1.22. The second kappa shape index (κ2) is 11.2. The van der Waals surface area contributed by atoms with Crippen LogP contribution in [-0.2, 0) is 24.6 Å². The van der Waals surface area contributed by atoms with Gasteiger partial charge in [-0.15, -0.1) is 0 Å². The van der Waals surface area contributed by atoms with Gasteiger partial charge in [0.15, 0.2) is 0 Å². The van der Waals surface area contributed by atoms with Gasteiger partial charge in [0.1, 0.15) is 23.6 Å². The SMILES string of the molecule is CC(C)CC[C@@H](C(=O)N1C[C@]2(C[C@H]1C(=O)C(=O)NC1CC1)C(=O)Nc1ccccc12)N(C)C(=O)c1cc2c(F)cccc2[nH]1. The molecule has 44 heavy (non-hydrogen) atoms. The molecule has 2 fully saturated rings. The van der Waals surface area contributed by atoms with Crippen LogP contribution in [-0.4, -0.2) is 75.9 Å². The summed E-state index contributed by atoms with van der Waals surface area (Å²) in [4.78, 5) is 74.1. The molecular formula is C33H36FN5O5. The third-order valence-corrected chi connectivity index (χ3v) is 9.14. The lowest BCUT2D eigenvalue weighted by molar-refractivity contribution is -0.146. The first kappa shape index (κ1) is 29.5. The average molecular weight is 602 g/mol. The standard InChI is InChI=1S/C33H36FN5O5/c1-18(2)11-14-26(38(3)30(42)25-15-20-22(34)8-6-10-23(20)36-25)31(43)39-17-33(21-7-4-5-9-24(21)37-32(33)44)16-27(39)28(40)29(41)35-19-12-13-19/h4-10,15,18-19,26-27,36H,11-14,16-17H2,1-3H3,(H,35,41)(H,37,44)/t26-,27-,33-/m0/s1. The Labute approximate surface area is 254 Å². The number of nitrogens with zero attached hydrogens (tertiary/aromatic N) is 2. The number of likely N-dealkylation sites (tertiary alicyclic amines) is 1. The minimum Gasteiger partial charge on any atom is -0.350 e. The highest BCUT2D eigenvalue weighted by atomic mass is 19.1. The van der Waals surface area contributed by atoms with Gasteiger partial charge in [0.05, 0.1) is 5.41 Å². The van der Waals surface area contributed by atoms with Gasteiger partial charge in [-0.05, 0) is 67.9 Å². The fourth-order valence-electron chi connectivity index (χ4n) is 6.47. The normalized spacial score (nSPS) is 21.4. The molecule has 0 bridgehead atoms. The van der Waals surface area contributed by atoms with Crippen molar-refractivity contribution in [2.24, 2.45) is 5.92 Å². The fraction of sp³-hybridized carbons (Fsp3) is 0.424. The third-order valence-electron chi connectivity index (χ3n) is 9.14. The number of carbonyl (C=O) groups is 5. The number of amides is 4. The number of H-pyrrole nitrogens is 1. The molecule has 0 radical (unpaired) electrons. The number of carbonyl (C=O) groups excluding carboxylic acids is 5. The van der Waals surface area contributed by atoms with Crippen LogP contribution in [0, 0.1) is 11.7 Å². The van der Waals surface area contributed by atoms with Crippen molar-refractivity contribution >= 4 is 46.0 Å². The number of Topliss-reactive ketones (excluding diaryl/α,β-unsaturated/α-hetero) is 1. The third kappa shape index (κ3) is 5.14. The summed E-state index contributed by atoms with van der Waals surface area (Å²) >= 11 is 0. The number of aromatic amines is 1. The van der Waals surface area contributed by atoms with Gasteiger partial charge in [-0.1, -0.05) is 38.1 Å². The van der Waals surface area contributed by atoms with Gasteiger partial charge in [-0.3, -0.25) is 24.0 Å². The Balaban J connectivity index is 1.35. The first-order valence-corrected chi connectivity index (χ1v) is 15.1. The van der Waals surface area contributed by atoms with Gasteiger partial charge < -0.3 is 25.4 Å². The van der Waals surface area contributed by atoms with Crippen molar-refractivity contribution in [3.8, 4) is 0 Å². The van der Waals surface area contributed by atoms with Crippen LogP contribution < -0.4 is 10.6 Å². The van der Waals surface area contributed by atoms with E-state index in [4.69, 9.17) is 0 Å². The van der Waals surface area contributed by atoms with Crippen molar-refractivity contribution < 1.29 is 28.4 Å². The maximum Gasteiger partial charge on any atom is 0.289 e.